The summed E-state index contributed by atoms with van der Waals surface area (Å²) >= 11 is 0. The van der Waals surface area contributed by atoms with Crippen LogP contribution in [0.2, 0.25) is 0 Å². The van der Waals surface area contributed by atoms with Crippen molar-refractivity contribution in [2.75, 3.05) is 5.32 Å². The first-order chi connectivity index (χ1) is 7.15. The fourth-order valence-corrected chi connectivity index (χ4v) is 1.26. The molecule has 0 unspecified atom stereocenters. The summed E-state index contributed by atoms with van der Waals surface area (Å²) in [5.74, 6) is 0.0510. The quantitative estimate of drug-likeness (QED) is 0.827. The molecule has 15 heavy (non-hydrogen) atoms. The Hall–Kier alpha value is -1.46. The lowest BCUT2D eigenvalue weighted by molar-refractivity contribution is -0.117. The van der Waals surface area contributed by atoms with Crippen LogP contribution in [0.1, 0.15) is 12.8 Å². The minimum Gasteiger partial charge on any atom is -0.323 e. The molecule has 1 aliphatic rings. The Balaban J connectivity index is 1.91. The number of hydrogen-bond donors (Lipinski definition) is 1. The van der Waals surface area contributed by atoms with Crippen molar-refractivity contribution in [3.63, 3.8) is 0 Å². The summed E-state index contributed by atoms with van der Waals surface area (Å²) in [4.78, 5) is 11.3. The molecule has 0 saturated heterocycles. The van der Waals surface area contributed by atoms with Gasteiger partial charge in [0.05, 0.1) is 11.9 Å². The van der Waals surface area contributed by atoms with Gasteiger partial charge in [-0.15, -0.1) is 0 Å². The third-order valence-electron chi connectivity index (χ3n) is 2.17. The maximum absolute atomic E-state index is 12.0. The van der Waals surface area contributed by atoms with Crippen LogP contribution >= 0.6 is 0 Å². The zero-order chi connectivity index (χ0) is 10.8. The molecule has 1 saturated carbocycles. The largest absolute Gasteiger partial charge is 0.323 e. The van der Waals surface area contributed by atoms with Crippen molar-refractivity contribution in [1.82, 2.24) is 9.78 Å². The Bertz CT molecular complexity index is 360. The van der Waals surface area contributed by atoms with Crippen LogP contribution in [-0.2, 0) is 11.3 Å². The van der Waals surface area contributed by atoms with E-state index < -0.39 is 13.0 Å². The average Bonchev–Trinajstić information content (AvgIpc) is 2.90. The second-order valence-electron chi connectivity index (χ2n) is 3.61. The van der Waals surface area contributed by atoms with Gasteiger partial charge in [-0.1, -0.05) is 0 Å². The summed E-state index contributed by atoms with van der Waals surface area (Å²) in [7, 11) is 0. The number of hydrogen-bond acceptors (Lipinski definition) is 2. The van der Waals surface area contributed by atoms with Crippen LogP contribution in [0.4, 0.5) is 14.5 Å². The summed E-state index contributed by atoms with van der Waals surface area (Å²) in [6, 6.07) is 0. The SMILES string of the molecule is O=C(Nc1cnn(CC(F)F)c1)C1CC1. The van der Waals surface area contributed by atoms with Gasteiger partial charge in [-0.25, -0.2) is 8.78 Å². The number of aromatic nitrogens is 2. The van der Waals surface area contributed by atoms with Gasteiger partial charge in [0, 0.05) is 12.1 Å². The molecule has 1 aromatic rings. The Morgan fingerprint density at radius 3 is 3.00 bits per heavy atom. The van der Waals surface area contributed by atoms with E-state index in [1.807, 2.05) is 0 Å². The molecule has 0 radical (unpaired) electrons. The molecule has 1 fully saturated rings. The van der Waals surface area contributed by atoms with E-state index in [9.17, 15) is 13.6 Å². The van der Waals surface area contributed by atoms with Gasteiger partial charge < -0.3 is 5.32 Å². The van der Waals surface area contributed by atoms with E-state index in [-0.39, 0.29) is 11.8 Å². The molecule has 1 heterocycles. The third-order valence-corrected chi connectivity index (χ3v) is 2.17. The van der Waals surface area contributed by atoms with Crippen molar-refractivity contribution in [2.24, 2.45) is 5.92 Å². The molecular weight excluding hydrogens is 204 g/mol. The van der Waals surface area contributed by atoms with Crippen LogP contribution in [0, 0.1) is 5.92 Å². The Kier molecular flexibility index (Phi) is 2.66. The Morgan fingerprint density at radius 2 is 2.40 bits per heavy atom. The number of carbonyl (C=O) groups is 1. The van der Waals surface area contributed by atoms with E-state index in [1.165, 1.54) is 12.4 Å². The highest BCUT2D eigenvalue weighted by atomic mass is 19.3. The standard InChI is InChI=1S/C9H11F2N3O/c10-8(11)5-14-4-7(3-12-14)13-9(15)6-1-2-6/h3-4,6,8H,1-2,5H2,(H,13,15). The number of amides is 1. The number of nitrogens with zero attached hydrogens (tertiary/aromatic N) is 2. The molecule has 6 heteroatoms. The van der Waals surface area contributed by atoms with Gasteiger partial charge in [-0.3, -0.25) is 9.48 Å². The summed E-state index contributed by atoms with van der Waals surface area (Å²) in [5.41, 5.74) is 0.479. The minimum absolute atomic E-state index is 0.0494. The predicted molar refractivity (Wildman–Crippen MR) is 49.6 cm³/mol. The number of alkyl halides is 2. The monoisotopic (exact) mass is 215 g/mol. The first-order valence-electron chi connectivity index (χ1n) is 4.76. The van der Waals surface area contributed by atoms with Crippen LogP contribution in [0.25, 0.3) is 0 Å². The summed E-state index contributed by atoms with van der Waals surface area (Å²) in [5, 5.41) is 6.34. The fraction of sp³-hybridized carbons (Fsp3) is 0.556. The lowest BCUT2D eigenvalue weighted by Crippen LogP contribution is -2.12. The summed E-state index contributed by atoms with van der Waals surface area (Å²) in [6.45, 7) is -0.445. The van der Waals surface area contributed by atoms with Gasteiger partial charge in [0.2, 0.25) is 5.91 Å². The van der Waals surface area contributed by atoms with E-state index in [0.717, 1.165) is 17.5 Å². The van der Waals surface area contributed by atoms with Crippen LogP contribution in [0.5, 0.6) is 0 Å². The first kappa shape index (κ1) is 10.1. The number of carbonyl (C=O) groups excluding carboxylic acids is 1. The molecule has 82 valence electrons. The fourth-order valence-electron chi connectivity index (χ4n) is 1.26. The lowest BCUT2D eigenvalue weighted by Gasteiger charge is -1.99. The van der Waals surface area contributed by atoms with E-state index in [0.29, 0.717) is 5.69 Å². The molecule has 0 atom stereocenters. The van der Waals surface area contributed by atoms with Crippen molar-refractivity contribution < 1.29 is 13.6 Å². The predicted octanol–water partition coefficient (Wildman–Crippen LogP) is 1.50. The van der Waals surface area contributed by atoms with Crippen molar-refractivity contribution >= 4 is 11.6 Å². The minimum atomic E-state index is -2.43. The average molecular weight is 215 g/mol. The Labute approximate surface area is 85.3 Å². The topological polar surface area (TPSA) is 46.9 Å². The molecule has 0 spiro atoms. The molecule has 1 aromatic heterocycles. The van der Waals surface area contributed by atoms with Crippen LogP contribution in [0.3, 0.4) is 0 Å². The van der Waals surface area contributed by atoms with Gasteiger partial charge in [-0.2, -0.15) is 5.10 Å². The number of halogens is 2. The van der Waals surface area contributed by atoms with Crippen molar-refractivity contribution in [3.05, 3.63) is 12.4 Å². The molecule has 1 amide bonds. The summed E-state index contributed by atoms with van der Waals surface area (Å²) in [6.07, 6.45) is 2.18. The normalized spacial score (nSPS) is 15.7. The zero-order valence-electron chi connectivity index (χ0n) is 7.99. The molecule has 0 aliphatic heterocycles. The maximum Gasteiger partial charge on any atom is 0.257 e. The van der Waals surface area contributed by atoms with Gasteiger partial charge in [0.25, 0.3) is 6.43 Å². The highest BCUT2D eigenvalue weighted by Crippen LogP contribution is 2.30. The smallest absolute Gasteiger partial charge is 0.257 e. The molecule has 1 aliphatic carbocycles. The third kappa shape index (κ3) is 2.74. The highest BCUT2D eigenvalue weighted by Gasteiger charge is 2.29. The molecule has 1 N–H and O–H groups in total. The van der Waals surface area contributed by atoms with Gasteiger partial charge in [-0.05, 0) is 12.8 Å². The molecular formula is C9H11F2N3O. The van der Waals surface area contributed by atoms with E-state index in [1.54, 1.807) is 0 Å². The molecule has 2 rings (SSSR count). The van der Waals surface area contributed by atoms with Crippen LogP contribution < -0.4 is 5.32 Å². The highest BCUT2D eigenvalue weighted by molar-refractivity contribution is 5.93. The number of anilines is 1. The second kappa shape index (κ2) is 3.96. The molecule has 0 bridgehead atoms. The van der Waals surface area contributed by atoms with Crippen molar-refractivity contribution in [3.8, 4) is 0 Å². The molecule has 4 nitrogen and oxygen atoms in total. The van der Waals surface area contributed by atoms with Gasteiger partial charge in [0.1, 0.15) is 6.54 Å². The van der Waals surface area contributed by atoms with Crippen molar-refractivity contribution in [2.45, 2.75) is 25.8 Å². The number of rotatable bonds is 4. The van der Waals surface area contributed by atoms with Crippen LogP contribution in [-0.4, -0.2) is 22.1 Å². The van der Waals surface area contributed by atoms with E-state index >= 15 is 0 Å². The van der Waals surface area contributed by atoms with Gasteiger partial charge >= 0.3 is 0 Å². The van der Waals surface area contributed by atoms with Crippen LogP contribution in [0.15, 0.2) is 12.4 Å². The Morgan fingerprint density at radius 1 is 1.67 bits per heavy atom. The molecule has 0 aromatic carbocycles. The lowest BCUT2D eigenvalue weighted by atomic mass is 10.4. The second-order valence-corrected chi connectivity index (χ2v) is 3.61. The summed E-state index contributed by atoms with van der Waals surface area (Å²) < 4.78 is 25.1. The number of nitrogens with one attached hydrogen (secondary N) is 1. The van der Waals surface area contributed by atoms with Gasteiger partial charge in [0.15, 0.2) is 0 Å². The van der Waals surface area contributed by atoms with E-state index in [2.05, 4.69) is 10.4 Å². The zero-order valence-corrected chi connectivity index (χ0v) is 7.99. The van der Waals surface area contributed by atoms with Crippen molar-refractivity contribution in [1.29, 1.82) is 0 Å². The maximum atomic E-state index is 12.0. The first-order valence-corrected chi connectivity index (χ1v) is 4.76. The van der Waals surface area contributed by atoms with E-state index in [4.69, 9.17) is 0 Å².